The summed E-state index contributed by atoms with van der Waals surface area (Å²) in [6, 6.07) is 4.86. The molecule has 2 heterocycles. The quantitative estimate of drug-likeness (QED) is 0.703. The normalized spacial score (nSPS) is 22.2. The van der Waals surface area contributed by atoms with Gasteiger partial charge in [0, 0.05) is 25.7 Å². The van der Waals surface area contributed by atoms with Crippen LogP contribution in [-0.2, 0) is 25.6 Å². The molecule has 2 amide bonds. The Morgan fingerprint density at radius 1 is 1.33 bits per heavy atom. The number of fused-ring (bicyclic) bond motifs is 2. The Hall–Kier alpha value is -2.68. The maximum Gasteiger partial charge on any atom is 0.408 e. The van der Waals surface area contributed by atoms with Crippen molar-refractivity contribution in [3.63, 3.8) is 0 Å². The third-order valence-corrected chi connectivity index (χ3v) is 5.23. The number of likely N-dealkylation sites (tertiary alicyclic amines) is 2. The van der Waals surface area contributed by atoms with Crippen LogP contribution < -0.4 is 5.32 Å². The molecule has 0 aromatic heterocycles. The lowest BCUT2D eigenvalue weighted by Crippen LogP contribution is -2.56. The van der Waals surface area contributed by atoms with Gasteiger partial charge in [-0.1, -0.05) is 12.1 Å². The Balaban J connectivity index is 1.62. The molecule has 30 heavy (non-hydrogen) atoms. The molecule has 3 atom stereocenters. The third kappa shape index (κ3) is 5.08. The highest BCUT2D eigenvalue weighted by atomic mass is 19.1. The fourth-order valence-electron chi connectivity index (χ4n) is 3.98. The molecule has 2 bridgehead atoms. The highest BCUT2D eigenvalue weighted by Crippen LogP contribution is 2.33. The van der Waals surface area contributed by atoms with Gasteiger partial charge in [0.15, 0.2) is 0 Å². The van der Waals surface area contributed by atoms with Gasteiger partial charge in [-0.3, -0.25) is 9.69 Å². The van der Waals surface area contributed by atoms with E-state index >= 15 is 0 Å². The second kappa shape index (κ2) is 8.59. The monoisotopic (exact) mass is 421 g/mol. The van der Waals surface area contributed by atoms with Crippen molar-refractivity contribution in [2.24, 2.45) is 0 Å². The van der Waals surface area contributed by atoms with Crippen LogP contribution in [0.5, 0.6) is 0 Å². The number of benzene rings is 1. The van der Waals surface area contributed by atoms with E-state index in [2.05, 4.69) is 5.32 Å². The Labute approximate surface area is 175 Å². The van der Waals surface area contributed by atoms with E-state index in [0.29, 0.717) is 19.5 Å². The second-order valence-electron chi connectivity index (χ2n) is 8.68. The SMILES string of the molecule is COC(=O)C(CN1C[C@@H]2C[C@H]1C(=O)N2Cc1cccc(F)c1)NC(=O)OC(C)(C)C. The lowest BCUT2D eigenvalue weighted by molar-refractivity contribution is -0.145. The summed E-state index contributed by atoms with van der Waals surface area (Å²) in [5.74, 6) is -0.996. The van der Waals surface area contributed by atoms with Crippen LogP contribution in [0.2, 0.25) is 0 Å². The molecular weight excluding hydrogens is 393 g/mol. The number of hydrogen-bond donors (Lipinski definition) is 1. The van der Waals surface area contributed by atoms with Crippen LogP contribution in [0.4, 0.5) is 9.18 Å². The van der Waals surface area contributed by atoms with Gasteiger partial charge < -0.3 is 19.7 Å². The van der Waals surface area contributed by atoms with Crippen molar-refractivity contribution in [1.82, 2.24) is 15.1 Å². The van der Waals surface area contributed by atoms with E-state index in [1.54, 1.807) is 37.8 Å². The van der Waals surface area contributed by atoms with Gasteiger partial charge in [0.2, 0.25) is 5.91 Å². The summed E-state index contributed by atoms with van der Waals surface area (Å²) in [5, 5.41) is 2.54. The molecule has 1 unspecified atom stereocenters. The molecule has 9 heteroatoms. The predicted octanol–water partition coefficient (Wildman–Crippen LogP) is 1.68. The van der Waals surface area contributed by atoms with Gasteiger partial charge in [0.25, 0.3) is 0 Å². The zero-order valence-electron chi connectivity index (χ0n) is 17.7. The maximum absolute atomic E-state index is 13.4. The third-order valence-electron chi connectivity index (χ3n) is 5.23. The number of methoxy groups -OCH3 is 1. The summed E-state index contributed by atoms with van der Waals surface area (Å²) >= 11 is 0. The molecule has 2 aliphatic rings. The van der Waals surface area contributed by atoms with Crippen molar-refractivity contribution in [2.45, 2.75) is 57.5 Å². The summed E-state index contributed by atoms with van der Waals surface area (Å²) in [4.78, 5) is 40.8. The molecule has 1 aromatic carbocycles. The fraction of sp³-hybridized carbons (Fsp3) is 0.571. The molecule has 0 spiro atoms. The molecule has 0 aliphatic carbocycles. The smallest absolute Gasteiger partial charge is 0.408 e. The van der Waals surface area contributed by atoms with Crippen molar-refractivity contribution in [1.29, 1.82) is 0 Å². The van der Waals surface area contributed by atoms with Crippen LogP contribution in [0.3, 0.4) is 0 Å². The number of carbonyl (C=O) groups excluding carboxylic acids is 3. The second-order valence-corrected chi connectivity index (χ2v) is 8.68. The molecule has 1 N–H and O–H groups in total. The number of carbonyl (C=O) groups is 3. The average Bonchev–Trinajstić information content (AvgIpc) is 3.18. The van der Waals surface area contributed by atoms with Crippen LogP contribution in [-0.4, -0.2) is 71.7 Å². The largest absolute Gasteiger partial charge is 0.467 e. The Kier molecular flexibility index (Phi) is 6.30. The number of nitrogens with one attached hydrogen (secondary N) is 1. The molecule has 164 valence electrons. The number of esters is 1. The molecule has 0 radical (unpaired) electrons. The van der Waals surface area contributed by atoms with E-state index < -0.39 is 23.7 Å². The highest BCUT2D eigenvalue weighted by Gasteiger charge is 2.50. The van der Waals surface area contributed by atoms with Crippen molar-refractivity contribution in [2.75, 3.05) is 20.2 Å². The van der Waals surface area contributed by atoms with Gasteiger partial charge >= 0.3 is 12.1 Å². The van der Waals surface area contributed by atoms with E-state index in [4.69, 9.17) is 9.47 Å². The first-order valence-corrected chi connectivity index (χ1v) is 9.93. The minimum Gasteiger partial charge on any atom is -0.467 e. The average molecular weight is 421 g/mol. The van der Waals surface area contributed by atoms with E-state index in [1.165, 1.54) is 19.2 Å². The summed E-state index contributed by atoms with van der Waals surface area (Å²) in [6.07, 6.45) is -0.0876. The van der Waals surface area contributed by atoms with Crippen LogP contribution in [0, 0.1) is 5.82 Å². The number of rotatable bonds is 6. The molecule has 8 nitrogen and oxygen atoms in total. The van der Waals surface area contributed by atoms with E-state index in [1.807, 2.05) is 4.90 Å². The number of ether oxygens (including phenoxy) is 2. The lowest BCUT2D eigenvalue weighted by atomic mass is 10.1. The van der Waals surface area contributed by atoms with Gasteiger partial charge in [-0.05, 0) is 44.9 Å². The van der Waals surface area contributed by atoms with Gasteiger partial charge in [0.05, 0.1) is 13.2 Å². The standard InChI is InChI=1S/C21H28FN3O5/c1-21(2,3)30-20(28)23-16(19(27)29-4)12-24-11-15-9-17(24)18(26)25(15)10-13-6-5-7-14(22)8-13/h5-8,15-17H,9-12H2,1-4H3,(H,23,28)/t15-,16?,17-/m0/s1. The van der Waals surface area contributed by atoms with Gasteiger partial charge in [-0.2, -0.15) is 0 Å². The minimum absolute atomic E-state index is 0.0226. The van der Waals surface area contributed by atoms with Crippen molar-refractivity contribution < 1.29 is 28.2 Å². The highest BCUT2D eigenvalue weighted by molar-refractivity contribution is 5.86. The number of amides is 2. The maximum atomic E-state index is 13.4. The van der Waals surface area contributed by atoms with Gasteiger partial charge in [-0.25, -0.2) is 14.0 Å². The Bertz CT molecular complexity index is 825. The fourth-order valence-corrected chi connectivity index (χ4v) is 3.98. The molecule has 3 rings (SSSR count). The van der Waals surface area contributed by atoms with Crippen molar-refractivity contribution >= 4 is 18.0 Å². The van der Waals surface area contributed by atoms with Gasteiger partial charge in [-0.15, -0.1) is 0 Å². The zero-order chi connectivity index (χ0) is 22.1. The van der Waals surface area contributed by atoms with E-state index in [-0.39, 0.29) is 30.4 Å². The van der Waals surface area contributed by atoms with Gasteiger partial charge in [0.1, 0.15) is 17.5 Å². The van der Waals surface area contributed by atoms with Crippen LogP contribution >= 0.6 is 0 Å². The zero-order valence-corrected chi connectivity index (χ0v) is 17.7. The molecule has 2 saturated heterocycles. The molecular formula is C21H28FN3O5. The first kappa shape index (κ1) is 22.0. The van der Waals surface area contributed by atoms with Crippen molar-refractivity contribution in [3.05, 3.63) is 35.6 Å². The number of halogens is 1. The lowest BCUT2D eigenvalue weighted by Gasteiger charge is -2.35. The van der Waals surface area contributed by atoms with Crippen LogP contribution in [0.25, 0.3) is 0 Å². The first-order valence-electron chi connectivity index (χ1n) is 9.93. The summed E-state index contributed by atoms with van der Waals surface area (Å²) in [7, 11) is 1.24. The topological polar surface area (TPSA) is 88.2 Å². The van der Waals surface area contributed by atoms with Crippen LogP contribution in [0.15, 0.2) is 24.3 Å². The summed E-state index contributed by atoms with van der Waals surface area (Å²) < 4.78 is 23.5. The Morgan fingerprint density at radius 2 is 2.07 bits per heavy atom. The number of nitrogens with zero attached hydrogens (tertiary/aromatic N) is 2. The van der Waals surface area contributed by atoms with Crippen LogP contribution in [0.1, 0.15) is 32.8 Å². The van der Waals surface area contributed by atoms with Crippen molar-refractivity contribution in [3.8, 4) is 0 Å². The predicted molar refractivity (Wildman–Crippen MR) is 106 cm³/mol. The number of alkyl carbamates (subject to hydrolysis) is 1. The van der Waals surface area contributed by atoms with E-state index in [0.717, 1.165) is 5.56 Å². The van der Waals surface area contributed by atoms with E-state index in [9.17, 15) is 18.8 Å². The Morgan fingerprint density at radius 3 is 2.67 bits per heavy atom. The summed E-state index contributed by atoms with van der Waals surface area (Å²) in [5.41, 5.74) is 0.0340. The minimum atomic E-state index is -0.950. The first-order chi connectivity index (χ1) is 14.1. The molecule has 0 saturated carbocycles. The molecule has 2 aliphatic heterocycles. The molecule has 2 fully saturated rings. The number of hydrogen-bond acceptors (Lipinski definition) is 6. The number of piperazine rings is 1. The molecule has 1 aromatic rings. The summed E-state index contributed by atoms with van der Waals surface area (Å²) in [6.45, 7) is 6.24.